The summed E-state index contributed by atoms with van der Waals surface area (Å²) in [5.74, 6) is 0.124. The molecular formula is C25H26N2O. The fraction of sp³-hybridized carbons (Fsp3) is 0.240. The molecule has 1 amide bonds. The van der Waals surface area contributed by atoms with Crippen LogP contribution in [0.3, 0.4) is 0 Å². The quantitative estimate of drug-likeness (QED) is 0.390. The fourth-order valence-electron chi connectivity index (χ4n) is 3.96. The third kappa shape index (κ3) is 3.94. The van der Waals surface area contributed by atoms with E-state index in [1.165, 1.54) is 32.8 Å². The van der Waals surface area contributed by atoms with E-state index in [9.17, 15) is 4.79 Å². The smallest absolute Gasteiger partial charge is 0.220 e. The Morgan fingerprint density at radius 2 is 1.68 bits per heavy atom. The second-order valence-corrected chi connectivity index (χ2v) is 7.42. The number of rotatable bonds is 7. The number of aromatic amines is 1. The fourth-order valence-corrected chi connectivity index (χ4v) is 3.96. The summed E-state index contributed by atoms with van der Waals surface area (Å²) in [6, 6.07) is 23.0. The molecule has 142 valence electrons. The third-order valence-electron chi connectivity index (χ3n) is 5.44. The Balaban J connectivity index is 1.29. The normalized spacial score (nSPS) is 12.3. The molecule has 1 unspecified atom stereocenters. The van der Waals surface area contributed by atoms with Crippen molar-refractivity contribution in [2.75, 3.05) is 0 Å². The van der Waals surface area contributed by atoms with Gasteiger partial charge in [0.25, 0.3) is 0 Å². The van der Waals surface area contributed by atoms with Crippen molar-refractivity contribution >= 4 is 27.6 Å². The summed E-state index contributed by atoms with van der Waals surface area (Å²) in [5.41, 5.74) is 3.68. The van der Waals surface area contributed by atoms with Crippen LogP contribution >= 0.6 is 0 Å². The highest BCUT2D eigenvalue weighted by molar-refractivity contribution is 5.87. The predicted octanol–water partition coefficient (Wildman–Crippen LogP) is 5.91. The summed E-state index contributed by atoms with van der Waals surface area (Å²) in [6.07, 6.45) is 5.56. The molecule has 1 heterocycles. The zero-order valence-electron chi connectivity index (χ0n) is 16.2. The number of para-hydroxylation sites is 1. The molecule has 0 aliphatic carbocycles. The number of fused-ring (bicyclic) bond motifs is 2. The van der Waals surface area contributed by atoms with Gasteiger partial charge < -0.3 is 10.3 Å². The molecule has 0 saturated heterocycles. The molecule has 3 aromatic carbocycles. The van der Waals surface area contributed by atoms with Gasteiger partial charge in [-0.1, -0.05) is 60.7 Å². The number of nitrogens with one attached hydrogen (secondary N) is 2. The topological polar surface area (TPSA) is 44.9 Å². The Labute approximate surface area is 165 Å². The largest absolute Gasteiger partial charge is 0.361 e. The molecule has 1 atom stereocenters. The van der Waals surface area contributed by atoms with E-state index < -0.39 is 0 Å². The van der Waals surface area contributed by atoms with E-state index in [0.717, 1.165) is 19.3 Å². The van der Waals surface area contributed by atoms with Crippen LogP contribution in [0.5, 0.6) is 0 Å². The van der Waals surface area contributed by atoms with E-state index in [4.69, 9.17) is 0 Å². The van der Waals surface area contributed by atoms with Crippen LogP contribution in [0, 0.1) is 0 Å². The molecule has 0 bridgehead atoms. The lowest BCUT2D eigenvalue weighted by molar-refractivity contribution is -0.121. The van der Waals surface area contributed by atoms with Crippen molar-refractivity contribution in [3.05, 3.63) is 84.1 Å². The van der Waals surface area contributed by atoms with Crippen LogP contribution in [0.15, 0.2) is 72.9 Å². The minimum Gasteiger partial charge on any atom is -0.361 e. The SMILES string of the molecule is CC(NC(=O)CCCCc1c[nH]c2ccccc12)c1cccc2ccccc12. The molecular weight excluding hydrogens is 344 g/mol. The minimum absolute atomic E-state index is 0.00668. The monoisotopic (exact) mass is 370 g/mol. The van der Waals surface area contributed by atoms with Gasteiger partial charge in [-0.25, -0.2) is 0 Å². The Hall–Kier alpha value is -3.07. The van der Waals surface area contributed by atoms with Crippen molar-refractivity contribution in [2.24, 2.45) is 0 Å². The van der Waals surface area contributed by atoms with Crippen LogP contribution in [-0.4, -0.2) is 10.9 Å². The van der Waals surface area contributed by atoms with Gasteiger partial charge in [-0.2, -0.15) is 0 Å². The highest BCUT2D eigenvalue weighted by Gasteiger charge is 2.12. The molecule has 0 radical (unpaired) electrons. The van der Waals surface area contributed by atoms with Gasteiger partial charge in [-0.3, -0.25) is 4.79 Å². The number of hydrogen-bond donors (Lipinski definition) is 2. The van der Waals surface area contributed by atoms with Gasteiger partial charge in [0.2, 0.25) is 5.91 Å². The van der Waals surface area contributed by atoms with E-state index in [0.29, 0.717) is 6.42 Å². The molecule has 0 fully saturated rings. The second-order valence-electron chi connectivity index (χ2n) is 7.42. The van der Waals surface area contributed by atoms with E-state index in [-0.39, 0.29) is 11.9 Å². The Morgan fingerprint density at radius 1 is 0.929 bits per heavy atom. The molecule has 28 heavy (non-hydrogen) atoms. The standard InChI is InChI=1S/C25H26N2O/c1-18(21-14-8-11-19-9-2-4-12-22(19)21)27-25(28)16-7-3-10-20-17-26-24-15-6-5-13-23(20)24/h2,4-6,8-9,11-15,17-18,26H,3,7,10,16H2,1H3,(H,27,28). The van der Waals surface area contributed by atoms with E-state index in [1.807, 2.05) is 18.2 Å². The summed E-state index contributed by atoms with van der Waals surface area (Å²) in [4.78, 5) is 15.7. The van der Waals surface area contributed by atoms with Gasteiger partial charge in [-0.15, -0.1) is 0 Å². The van der Waals surface area contributed by atoms with Crippen molar-refractivity contribution in [1.29, 1.82) is 0 Å². The highest BCUT2D eigenvalue weighted by atomic mass is 16.1. The first kappa shape index (κ1) is 18.3. The van der Waals surface area contributed by atoms with Crippen molar-refractivity contribution in [2.45, 2.75) is 38.6 Å². The number of H-pyrrole nitrogens is 1. The molecule has 1 aromatic heterocycles. The van der Waals surface area contributed by atoms with Gasteiger partial charge in [0.1, 0.15) is 0 Å². The number of unbranched alkanes of at least 4 members (excludes halogenated alkanes) is 1. The van der Waals surface area contributed by atoms with Crippen LogP contribution < -0.4 is 5.32 Å². The molecule has 0 aliphatic heterocycles. The number of aryl methyl sites for hydroxylation is 1. The Kier molecular flexibility index (Phi) is 5.43. The van der Waals surface area contributed by atoms with Crippen molar-refractivity contribution in [1.82, 2.24) is 10.3 Å². The minimum atomic E-state index is 0.00668. The summed E-state index contributed by atoms with van der Waals surface area (Å²) in [6.45, 7) is 2.06. The van der Waals surface area contributed by atoms with E-state index >= 15 is 0 Å². The lowest BCUT2D eigenvalue weighted by atomic mass is 9.99. The van der Waals surface area contributed by atoms with Crippen molar-refractivity contribution < 1.29 is 4.79 Å². The van der Waals surface area contributed by atoms with Crippen LogP contribution in [0.1, 0.15) is 43.4 Å². The predicted molar refractivity (Wildman–Crippen MR) is 116 cm³/mol. The molecule has 3 nitrogen and oxygen atoms in total. The van der Waals surface area contributed by atoms with Gasteiger partial charge in [0, 0.05) is 23.5 Å². The molecule has 3 heteroatoms. The number of benzene rings is 3. The van der Waals surface area contributed by atoms with Crippen LogP contribution in [-0.2, 0) is 11.2 Å². The molecule has 0 spiro atoms. The Morgan fingerprint density at radius 3 is 2.57 bits per heavy atom. The number of carbonyl (C=O) groups is 1. The van der Waals surface area contributed by atoms with Crippen molar-refractivity contribution in [3.63, 3.8) is 0 Å². The average Bonchev–Trinajstić information content (AvgIpc) is 3.14. The maximum absolute atomic E-state index is 12.4. The first-order valence-electron chi connectivity index (χ1n) is 10.0. The summed E-state index contributed by atoms with van der Waals surface area (Å²) in [5, 5.41) is 6.87. The first-order valence-corrected chi connectivity index (χ1v) is 10.0. The Bertz CT molecular complexity index is 1090. The van der Waals surface area contributed by atoms with Gasteiger partial charge in [0.15, 0.2) is 0 Å². The van der Waals surface area contributed by atoms with Gasteiger partial charge >= 0.3 is 0 Å². The zero-order valence-corrected chi connectivity index (χ0v) is 16.2. The van der Waals surface area contributed by atoms with Crippen LogP contribution in [0.25, 0.3) is 21.7 Å². The summed E-state index contributed by atoms with van der Waals surface area (Å²) < 4.78 is 0. The average molecular weight is 370 g/mol. The van der Waals surface area contributed by atoms with Crippen molar-refractivity contribution in [3.8, 4) is 0 Å². The zero-order chi connectivity index (χ0) is 19.3. The molecule has 2 N–H and O–H groups in total. The number of amides is 1. The maximum atomic E-state index is 12.4. The number of carbonyl (C=O) groups excluding carboxylic acids is 1. The lowest BCUT2D eigenvalue weighted by Crippen LogP contribution is -2.26. The van der Waals surface area contributed by atoms with Crippen LogP contribution in [0.4, 0.5) is 0 Å². The first-order chi connectivity index (χ1) is 13.7. The summed E-state index contributed by atoms with van der Waals surface area (Å²) in [7, 11) is 0. The lowest BCUT2D eigenvalue weighted by Gasteiger charge is -2.16. The molecule has 0 aliphatic rings. The molecule has 0 saturated carbocycles. The van der Waals surface area contributed by atoms with E-state index in [1.54, 1.807) is 0 Å². The summed E-state index contributed by atoms with van der Waals surface area (Å²) >= 11 is 0. The van der Waals surface area contributed by atoms with E-state index in [2.05, 4.69) is 72.0 Å². The second kappa shape index (κ2) is 8.30. The molecule has 4 rings (SSSR count). The van der Waals surface area contributed by atoms with Gasteiger partial charge in [-0.05, 0) is 54.2 Å². The third-order valence-corrected chi connectivity index (χ3v) is 5.44. The van der Waals surface area contributed by atoms with Gasteiger partial charge in [0.05, 0.1) is 6.04 Å². The number of aromatic nitrogens is 1. The highest BCUT2D eigenvalue weighted by Crippen LogP contribution is 2.24. The molecule has 4 aromatic rings. The maximum Gasteiger partial charge on any atom is 0.220 e. The number of hydrogen-bond acceptors (Lipinski definition) is 1. The van der Waals surface area contributed by atoms with Crippen LogP contribution in [0.2, 0.25) is 0 Å².